The molecular weight excluding hydrogens is 308 g/mol. The van der Waals surface area contributed by atoms with Gasteiger partial charge in [0.2, 0.25) is 0 Å². The normalized spacial score (nSPS) is 10.7. The van der Waals surface area contributed by atoms with Crippen molar-refractivity contribution in [2.75, 3.05) is 7.05 Å². The summed E-state index contributed by atoms with van der Waals surface area (Å²) in [5, 5.41) is 0.869. The lowest BCUT2D eigenvalue weighted by Crippen LogP contribution is -2.25. The molecule has 0 aliphatic carbocycles. The van der Waals surface area contributed by atoms with Gasteiger partial charge >= 0.3 is 0 Å². The molecule has 0 aliphatic rings. The molecule has 4 nitrogen and oxygen atoms in total. The summed E-state index contributed by atoms with van der Waals surface area (Å²) in [6.07, 6.45) is 0. The van der Waals surface area contributed by atoms with Crippen LogP contribution in [-0.4, -0.2) is 22.8 Å². The lowest BCUT2D eigenvalue weighted by atomic mass is 10.2. The zero-order valence-corrected chi connectivity index (χ0v) is 14.2. The summed E-state index contributed by atoms with van der Waals surface area (Å²) in [6, 6.07) is 13.7. The lowest BCUT2D eigenvalue weighted by molar-refractivity contribution is 0.0779. The maximum absolute atomic E-state index is 12.7. The smallest absolute Gasteiger partial charge is 0.266 e. The van der Waals surface area contributed by atoms with E-state index in [1.807, 2.05) is 56.3 Å². The van der Waals surface area contributed by atoms with E-state index in [-0.39, 0.29) is 5.91 Å². The Morgan fingerprint density at radius 1 is 1.17 bits per heavy atom. The second kappa shape index (κ2) is 6.38. The molecule has 0 aliphatic heterocycles. The summed E-state index contributed by atoms with van der Waals surface area (Å²) in [5.74, 6) is 1.60. The number of aromatic nitrogens is 1. The van der Waals surface area contributed by atoms with Gasteiger partial charge in [-0.2, -0.15) is 0 Å². The van der Waals surface area contributed by atoms with E-state index in [0.717, 1.165) is 27.8 Å². The molecule has 1 aromatic carbocycles. The van der Waals surface area contributed by atoms with Gasteiger partial charge in [-0.3, -0.25) is 4.79 Å². The number of hydrogen-bond donors (Lipinski definition) is 0. The zero-order chi connectivity index (χ0) is 16.4. The Bertz CT molecular complexity index is 821. The Balaban J connectivity index is 1.81. The highest BCUT2D eigenvalue weighted by Crippen LogP contribution is 2.28. The summed E-state index contributed by atoms with van der Waals surface area (Å²) in [4.78, 5) is 19.6. The highest BCUT2D eigenvalue weighted by atomic mass is 32.1. The molecule has 2 heterocycles. The van der Waals surface area contributed by atoms with Gasteiger partial charge in [0.05, 0.1) is 12.2 Å². The Labute approximate surface area is 139 Å². The molecule has 3 rings (SSSR count). The molecule has 0 unspecified atom stereocenters. The topological polar surface area (TPSA) is 46.3 Å². The fraction of sp³-hybridized carbons (Fsp3) is 0.222. The molecule has 3 aromatic rings. The predicted molar refractivity (Wildman–Crippen MR) is 91.5 cm³/mol. The molecule has 0 bridgehead atoms. The number of carbonyl (C=O) groups is 1. The van der Waals surface area contributed by atoms with Crippen LogP contribution >= 0.6 is 11.3 Å². The van der Waals surface area contributed by atoms with Gasteiger partial charge in [0.25, 0.3) is 5.91 Å². The average molecular weight is 326 g/mol. The SMILES string of the molecule is Cc1ccc(CN(C)C(=O)c2sc(-c3ccccc3)nc2C)o1. The Morgan fingerprint density at radius 3 is 2.57 bits per heavy atom. The van der Waals surface area contributed by atoms with Crippen molar-refractivity contribution in [3.05, 3.63) is 64.6 Å². The first kappa shape index (κ1) is 15.5. The molecule has 0 saturated carbocycles. The number of furan rings is 1. The van der Waals surface area contributed by atoms with E-state index < -0.39 is 0 Å². The molecule has 2 aromatic heterocycles. The molecule has 23 heavy (non-hydrogen) atoms. The highest BCUT2D eigenvalue weighted by Gasteiger charge is 2.20. The summed E-state index contributed by atoms with van der Waals surface area (Å²) >= 11 is 1.43. The van der Waals surface area contributed by atoms with Gasteiger partial charge in [-0.25, -0.2) is 4.98 Å². The summed E-state index contributed by atoms with van der Waals surface area (Å²) in [5.41, 5.74) is 1.80. The largest absolute Gasteiger partial charge is 0.464 e. The highest BCUT2D eigenvalue weighted by molar-refractivity contribution is 7.17. The van der Waals surface area contributed by atoms with E-state index in [9.17, 15) is 4.79 Å². The minimum atomic E-state index is -0.0313. The lowest BCUT2D eigenvalue weighted by Gasteiger charge is -2.14. The van der Waals surface area contributed by atoms with Crippen LogP contribution in [0, 0.1) is 13.8 Å². The van der Waals surface area contributed by atoms with Gasteiger partial charge in [0.1, 0.15) is 21.4 Å². The zero-order valence-electron chi connectivity index (χ0n) is 13.4. The van der Waals surface area contributed by atoms with Crippen LogP contribution in [0.25, 0.3) is 10.6 Å². The third kappa shape index (κ3) is 3.35. The van der Waals surface area contributed by atoms with Crippen LogP contribution in [0.5, 0.6) is 0 Å². The molecular formula is C18H18N2O2S. The van der Waals surface area contributed by atoms with Gasteiger partial charge < -0.3 is 9.32 Å². The fourth-order valence-electron chi connectivity index (χ4n) is 2.35. The van der Waals surface area contributed by atoms with Crippen molar-refractivity contribution in [1.82, 2.24) is 9.88 Å². The minimum absolute atomic E-state index is 0.0313. The first-order chi connectivity index (χ1) is 11.0. The second-order valence-electron chi connectivity index (χ2n) is 5.47. The number of nitrogens with zero attached hydrogens (tertiary/aromatic N) is 2. The number of thiazole rings is 1. The van der Waals surface area contributed by atoms with Crippen molar-refractivity contribution in [3.63, 3.8) is 0 Å². The maximum Gasteiger partial charge on any atom is 0.266 e. The molecule has 0 atom stereocenters. The van der Waals surface area contributed by atoms with E-state index in [1.54, 1.807) is 11.9 Å². The van der Waals surface area contributed by atoms with Crippen LogP contribution in [0.15, 0.2) is 46.9 Å². The molecule has 0 saturated heterocycles. The van der Waals surface area contributed by atoms with E-state index in [1.165, 1.54) is 11.3 Å². The molecule has 118 valence electrons. The van der Waals surface area contributed by atoms with Crippen LogP contribution in [0.3, 0.4) is 0 Å². The van der Waals surface area contributed by atoms with E-state index in [0.29, 0.717) is 11.4 Å². The molecule has 0 spiro atoms. The quantitative estimate of drug-likeness (QED) is 0.718. The average Bonchev–Trinajstić information content (AvgIpc) is 3.13. The number of rotatable bonds is 4. The second-order valence-corrected chi connectivity index (χ2v) is 6.47. The summed E-state index contributed by atoms with van der Waals surface area (Å²) in [7, 11) is 1.78. The van der Waals surface area contributed by atoms with Gasteiger partial charge in [-0.1, -0.05) is 30.3 Å². The third-order valence-electron chi connectivity index (χ3n) is 3.55. The monoisotopic (exact) mass is 326 g/mol. The molecule has 0 fully saturated rings. The predicted octanol–water partition coefficient (Wildman–Crippen LogP) is 4.29. The Kier molecular flexibility index (Phi) is 4.30. The van der Waals surface area contributed by atoms with Crippen molar-refractivity contribution in [3.8, 4) is 10.6 Å². The van der Waals surface area contributed by atoms with Crippen LogP contribution in [0.4, 0.5) is 0 Å². The molecule has 5 heteroatoms. The minimum Gasteiger partial charge on any atom is -0.464 e. The fourth-order valence-corrected chi connectivity index (χ4v) is 3.41. The first-order valence-electron chi connectivity index (χ1n) is 7.38. The van der Waals surface area contributed by atoms with E-state index >= 15 is 0 Å². The Hall–Kier alpha value is -2.40. The van der Waals surface area contributed by atoms with Crippen molar-refractivity contribution < 1.29 is 9.21 Å². The van der Waals surface area contributed by atoms with Gasteiger partial charge in [-0.15, -0.1) is 11.3 Å². The molecule has 0 N–H and O–H groups in total. The maximum atomic E-state index is 12.7. The van der Waals surface area contributed by atoms with Crippen molar-refractivity contribution >= 4 is 17.2 Å². The Morgan fingerprint density at radius 2 is 1.91 bits per heavy atom. The van der Waals surface area contributed by atoms with Crippen molar-refractivity contribution in [2.45, 2.75) is 20.4 Å². The summed E-state index contributed by atoms with van der Waals surface area (Å²) in [6.45, 7) is 4.22. The summed E-state index contributed by atoms with van der Waals surface area (Å²) < 4.78 is 5.54. The number of carbonyl (C=O) groups excluding carboxylic acids is 1. The first-order valence-corrected chi connectivity index (χ1v) is 8.20. The standard InChI is InChI=1S/C18H18N2O2S/c1-12-9-10-15(22-12)11-20(3)18(21)16-13(2)19-17(23-16)14-7-5-4-6-8-14/h4-10H,11H2,1-3H3. The third-order valence-corrected chi connectivity index (χ3v) is 4.74. The van der Waals surface area contributed by atoms with E-state index in [2.05, 4.69) is 4.98 Å². The number of amides is 1. The van der Waals surface area contributed by atoms with Gasteiger partial charge in [0, 0.05) is 12.6 Å². The van der Waals surface area contributed by atoms with Crippen molar-refractivity contribution in [2.24, 2.45) is 0 Å². The van der Waals surface area contributed by atoms with Crippen LogP contribution in [-0.2, 0) is 6.54 Å². The number of benzene rings is 1. The number of aryl methyl sites for hydroxylation is 2. The molecule has 1 amide bonds. The van der Waals surface area contributed by atoms with E-state index in [4.69, 9.17) is 4.42 Å². The van der Waals surface area contributed by atoms with Crippen LogP contribution in [0.2, 0.25) is 0 Å². The van der Waals surface area contributed by atoms with Gasteiger partial charge in [0.15, 0.2) is 0 Å². The van der Waals surface area contributed by atoms with Crippen molar-refractivity contribution in [1.29, 1.82) is 0 Å². The van der Waals surface area contributed by atoms with Gasteiger partial charge in [-0.05, 0) is 26.0 Å². The molecule has 0 radical (unpaired) electrons. The van der Waals surface area contributed by atoms with Crippen LogP contribution < -0.4 is 0 Å². The number of hydrogen-bond acceptors (Lipinski definition) is 4. The van der Waals surface area contributed by atoms with Crippen LogP contribution in [0.1, 0.15) is 26.9 Å².